The Balaban J connectivity index is 2.32. The number of aromatic hydroxyl groups is 1. The van der Waals surface area contributed by atoms with Crippen LogP contribution < -0.4 is 20.3 Å². The maximum absolute atomic E-state index is 12.8. The van der Waals surface area contributed by atoms with E-state index in [1.165, 1.54) is 0 Å². The van der Waals surface area contributed by atoms with Crippen molar-refractivity contribution in [2.24, 2.45) is 0 Å². The molecule has 1 aliphatic rings. The molecule has 28 heavy (non-hydrogen) atoms. The molecular formula is C16H13F3N2O7. The van der Waals surface area contributed by atoms with Crippen LogP contribution in [0.4, 0.5) is 13.2 Å². The first kappa shape index (κ1) is 19.3. The van der Waals surface area contributed by atoms with Gasteiger partial charge in [-0.05, 0) is 19.1 Å². The fourth-order valence-corrected chi connectivity index (χ4v) is 2.95. The first-order valence-electron chi connectivity index (χ1n) is 7.84. The number of carboxylic acids is 1. The third kappa shape index (κ3) is 3.40. The first-order chi connectivity index (χ1) is 13.0. The maximum Gasteiger partial charge on any atom is 0.573 e. The maximum atomic E-state index is 12.8. The molecule has 9 nitrogen and oxygen atoms in total. The van der Waals surface area contributed by atoms with E-state index >= 15 is 0 Å². The normalized spacial score (nSPS) is 15.8. The summed E-state index contributed by atoms with van der Waals surface area (Å²) in [5.41, 5.74) is -2.07. The molecule has 1 aromatic carbocycles. The third-order valence-electron chi connectivity index (χ3n) is 3.93. The van der Waals surface area contributed by atoms with E-state index in [4.69, 9.17) is 9.84 Å². The van der Waals surface area contributed by atoms with Crippen LogP contribution in [0.1, 0.15) is 17.3 Å². The fourth-order valence-electron chi connectivity index (χ4n) is 2.95. The van der Waals surface area contributed by atoms with Crippen LogP contribution in [0.3, 0.4) is 0 Å². The summed E-state index contributed by atoms with van der Waals surface area (Å²) in [6, 6.07) is 2.04. The van der Waals surface area contributed by atoms with Gasteiger partial charge in [0, 0.05) is 0 Å². The largest absolute Gasteiger partial charge is 0.573 e. The van der Waals surface area contributed by atoms with Gasteiger partial charge in [-0.15, -0.1) is 13.2 Å². The number of halogens is 3. The van der Waals surface area contributed by atoms with Crippen molar-refractivity contribution in [2.75, 3.05) is 6.54 Å². The van der Waals surface area contributed by atoms with Crippen molar-refractivity contribution in [3.63, 3.8) is 0 Å². The lowest BCUT2D eigenvalue weighted by molar-refractivity contribution is -0.274. The van der Waals surface area contributed by atoms with Gasteiger partial charge in [0.2, 0.25) is 0 Å². The number of nitrogens with zero attached hydrogens (tertiary/aromatic N) is 1. The highest BCUT2D eigenvalue weighted by Crippen LogP contribution is 2.42. The van der Waals surface area contributed by atoms with E-state index in [0.29, 0.717) is 0 Å². The Kier molecular flexibility index (Phi) is 4.57. The van der Waals surface area contributed by atoms with Crippen LogP contribution in [0.25, 0.3) is 10.9 Å². The fraction of sp³-hybridized carbons (Fsp3) is 0.312. The average molecular weight is 402 g/mol. The molecule has 3 rings (SSSR count). The van der Waals surface area contributed by atoms with E-state index in [0.717, 1.165) is 16.7 Å². The number of hydrogen-bond acceptors (Lipinski definition) is 6. The van der Waals surface area contributed by atoms with E-state index < -0.39 is 58.9 Å². The van der Waals surface area contributed by atoms with Crippen molar-refractivity contribution in [1.29, 1.82) is 0 Å². The number of nitrogens with one attached hydrogen (secondary N) is 1. The molecule has 1 amide bonds. The molecule has 0 bridgehead atoms. The summed E-state index contributed by atoms with van der Waals surface area (Å²) >= 11 is 0. The van der Waals surface area contributed by atoms with Gasteiger partial charge in [-0.2, -0.15) is 0 Å². The van der Waals surface area contributed by atoms with Gasteiger partial charge in [0.05, 0.1) is 11.9 Å². The van der Waals surface area contributed by atoms with Crippen molar-refractivity contribution >= 4 is 22.8 Å². The number of carbonyl (C=O) groups excluding carboxylic acids is 1. The summed E-state index contributed by atoms with van der Waals surface area (Å²) in [6.45, 7) is 0.622. The standard InChI is InChI=1S/C16H13F3N2O7/c1-6-5-21-12-8(27-6)3-2-7(28-16(17,18)19)10(12)13(24)11(15(21)26)14(25)20-4-9(22)23/h2-3,6,24H,4-5H2,1H3,(H,20,25)(H,22,23). The van der Waals surface area contributed by atoms with Crippen molar-refractivity contribution in [3.05, 3.63) is 28.0 Å². The van der Waals surface area contributed by atoms with Crippen molar-refractivity contribution in [2.45, 2.75) is 25.9 Å². The summed E-state index contributed by atoms with van der Waals surface area (Å²) in [7, 11) is 0. The molecule has 2 heterocycles. The number of carbonyl (C=O) groups is 2. The van der Waals surface area contributed by atoms with Crippen LogP contribution >= 0.6 is 0 Å². The van der Waals surface area contributed by atoms with Gasteiger partial charge >= 0.3 is 12.3 Å². The van der Waals surface area contributed by atoms with E-state index in [2.05, 4.69) is 4.74 Å². The highest BCUT2D eigenvalue weighted by molar-refractivity contribution is 6.06. The SMILES string of the molecule is CC1Cn2c(=O)c(C(=O)NCC(=O)O)c(O)c3c(OC(F)(F)F)ccc(c32)O1. The van der Waals surface area contributed by atoms with E-state index in [1.54, 1.807) is 6.92 Å². The summed E-state index contributed by atoms with van der Waals surface area (Å²) in [5.74, 6) is -4.56. The molecule has 1 aliphatic heterocycles. The summed E-state index contributed by atoms with van der Waals surface area (Å²) < 4.78 is 48.7. The molecule has 0 aliphatic carbocycles. The summed E-state index contributed by atoms with van der Waals surface area (Å²) in [6.07, 6.45) is -5.66. The third-order valence-corrected chi connectivity index (χ3v) is 3.93. The Morgan fingerprint density at radius 3 is 2.68 bits per heavy atom. The first-order valence-corrected chi connectivity index (χ1v) is 7.84. The van der Waals surface area contributed by atoms with E-state index in [-0.39, 0.29) is 17.8 Å². The number of aliphatic carboxylic acids is 1. The zero-order chi connectivity index (χ0) is 20.8. The minimum absolute atomic E-state index is 0.0215. The summed E-state index contributed by atoms with van der Waals surface area (Å²) in [5, 5.41) is 20.5. The molecule has 150 valence electrons. The van der Waals surface area contributed by atoms with Crippen LogP contribution in [0, 0.1) is 0 Å². The second kappa shape index (κ2) is 6.62. The van der Waals surface area contributed by atoms with Crippen LogP contribution in [-0.2, 0) is 11.3 Å². The van der Waals surface area contributed by atoms with Crippen molar-refractivity contribution in [3.8, 4) is 17.2 Å². The molecule has 12 heteroatoms. The van der Waals surface area contributed by atoms with Crippen LogP contribution in [0.15, 0.2) is 16.9 Å². The molecule has 0 saturated heterocycles. The molecule has 0 fully saturated rings. The zero-order valence-electron chi connectivity index (χ0n) is 14.2. The van der Waals surface area contributed by atoms with Crippen LogP contribution in [0.2, 0.25) is 0 Å². The molecular weight excluding hydrogens is 389 g/mol. The number of alkyl halides is 3. The topological polar surface area (TPSA) is 127 Å². The highest BCUT2D eigenvalue weighted by atomic mass is 19.4. The molecule has 1 aromatic heterocycles. The lowest BCUT2D eigenvalue weighted by Crippen LogP contribution is -2.39. The number of rotatable bonds is 4. The van der Waals surface area contributed by atoms with Gasteiger partial charge in [0.25, 0.3) is 11.5 Å². The molecule has 2 aromatic rings. The number of hydrogen-bond donors (Lipinski definition) is 3. The number of amides is 1. The monoisotopic (exact) mass is 402 g/mol. The molecule has 0 saturated carbocycles. The Morgan fingerprint density at radius 2 is 2.07 bits per heavy atom. The quantitative estimate of drug-likeness (QED) is 0.701. The Morgan fingerprint density at radius 1 is 1.39 bits per heavy atom. The average Bonchev–Trinajstić information content (AvgIpc) is 2.57. The predicted molar refractivity (Wildman–Crippen MR) is 86.6 cm³/mol. The zero-order valence-corrected chi connectivity index (χ0v) is 14.2. The number of carboxylic acid groups (broad SMARTS) is 1. The number of pyridine rings is 1. The molecule has 1 atom stereocenters. The Bertz CT molecular complexity index is 1050. The Hall–Kier alpha value is -3.44. The van der Waals surface area contributed by atoms with E-state index in [9.17, 15) is 32.7 Å². The van der Waals surface area contributed by atoms with Crippen LogP contribution in [0.5, 0.6) is 17.2 Å². The lowest BCUT2D eigenvalue weighted by atomic mass is 10.1. The second-order valence-electron chi connectivity index (χ2n) is 5.98. The van der Waals surface area contributed by atoms with Gasteiger partial charge in [-0.3, -0.25) is 14.4 Å². The van der Waals surface area contributed by atoms with Gasteiger partial charge in [0.15, 0.2) is 0 Å². The highest BCUT2D eigenvalue weighted by Gasteiger charge is 2.35. The van der Waals surface area contributed by atoms with Gasteiger partial charge in [-0.25, -0.2) is 0 Å². The van der Waals surface area contributed by atoms with Gasteiger partial charge in [-0.1, -0.05) is 0 Å². The molecule has 0 radical (unpaired) electrons. The minimum atomic E-state index is -5.11. The predicted octanol–water partition coefficient (Wildman–Crippen LogP) is 1.20. The van der Waals surface area contributed by atoms with Crippen molar-refractivity contribution in [1.82, 2.24) is 9.88 Å². The number of aromatic nitrogens is 1. The Labute approximate surface area is 153 Å². The summed E-state index contributed by atoms with van der Waals surface area (Å²) in [4.78, 5) is 35.6. The van der Waals surface area contributed by atoms with Gasteiger partial charge in [0.1, 0.15) is 41.0 Å². The molecule has 0 spiro atoms. The lowest BCUT2D eigenvalue weighted by Gasteiger charge is -2.27. The van der Waals surface area contributed by atoms with Crippen molar-refractivity contribution < 1.29 is 42.4 Å². The van der Waals surface area contributed by atoms with Gasteiger partial charge < -0.3 is 29.6 Å². The number of ether oxygens (including phenoxy) is 2. The molecule has 3 N–H and O–H groups in total. The number of benzene rings is 1. The van der Waals surface area contributed by atoms with E-state index in [1.807, 2.05) is 5.32 Å². The smallest absolute Gasteiger partial charge is 0.506 e. The second-order valence-corrected chi connectivity index (χ2v) is 5.98. The molecule has 1 unspecified atom stereocenters. The van der Waals surface area contributed by atoms with Crippen LogP contribution in [-0.4, -0.2) is 45.7 Å². The minimum Gasteiger partial charge on any atom is -0.506 e.